The Bertz CT molecular complexity index is 547. The molecular weight excluding hydrogens is 354 g/mol. The molecule has 0 unspecified atom stereocenters. The number of hydrogen-bond acceptors (Lipinski definition) is 1. The van der Waals surface area contributed by atoms with Crippen molar-refractivity contribution in [2.45, 2.75) is 12.8 Å². The van der Waals surface area contributed by atoms with Crippen molar-refractivity contribution in [3.8, 4) is 0 Å². The van der Waals surface area contributed by atoms with Crippen LogP contribution >= 0.6 is 0 Å². The minimum absolute atomic E-state index is 0.266. The van der Waals surface area contributed by atoms with E-state index in [1.165, 1.54) is 8.87 Å². The molecule has 2 aromatic heterocycles. The summed E-state index contributed by atoms with van der Waals surface area (Å²) in [5, 5.41) is 0. The van der Waals surface area contributed by atoms with Gasteiger partial charge in [-0.1, -0.05) is 0 Å². The van der Waals surface area contributed by atoms with Gasteiger partial charge in [-0.25, -0.2) is 0 Å². The minimum atomic E-state index is 0.266. The molecule has 1 nitrogen and oxygen atoms in total. The van der Waals surface area contributed by atoms with Crippen LogP contribution in [0.5, 0.6) is 0 Å². The number of carbonyl (C=O) groups excluding carboxylic acids is 1. The monoisotopic (exact) mass is 368 g/mol. The molecule has 1 saturated carbocycles. The Morgan fingerprint density at radius 3 is 1.78 bits per heavy atom. The van der Waals surface area contributed by atoms with Gasteiger partial charge in [0.1, 0.15) is 0 Å². The number of rotatable bonds is 2. The van der Waals surface area contributed by atoms with Gasteiger partial charge in [0.25, 0.3) is 0 Å². The van der Waals surface area contributed by atoms with E-state index in [4.69, 9.17) is 0 Å². The Labute approximate surface area is 118 Å². The van der Waals surface area contributed by atoms with Crippen molar-refractivity contribution >= 4 is 46.9 Å². The summed E-state index contributed by atoms with van der Waals surface area (Å²) in [6.07, 6.45) is 6.03. The molecule has 0 N–H and O–H groups in total. The summed E-state index contributed by atoms with van der Waals surface area (Å²) in [6, 6.07) is 8.41. The van der Waals surface area contributed by atoms with Crippen molar-refractivity contribution in [2.75, 3.05) is 0 Å². The Hall–Kier alpha value is -0.851. The third-order valence-electron chi connectivity index (χ3n) is 2.97. The fraction of sp³-hybridized carbons (Fsp3) is 0.133. The molecular formula is C15H12OSe2. The van der Waals surface area contributed by atoms with E-state index in [-0.39, 0.29) is 5.78 Å². The second-order valence-electron chi connectivity index (χ2n) is 4.20. The second kappa shape index (κ2) is 5.42. The molecule has 90 valence electrons. The van der Waals surface area contributed by atoms with Crippen LogP contribution in [-0.2, 0) is 4.79 Å². The molecule has 0 bridgehead atoms. The molecule has 3 heteroatoms. The average molecular weight is 366 g/mol. The first kappa shape index (κ1) is 12.2. The summed E-state index contributed by atoms with van der Waals surface area (Å²) in [5.74, 6) is 0.266. The van der Waals surface area contributed by atoms with Crippen molar-refractivity contribution in [1.82, 2.24) is 0 Å². The van der Waals surface area contributed by atoms with Gasteiger partial charge in [-0.3, -0.25) is 0 Å². The number of Topliss-reactive ketones (excluding diaryl/α,β-unsaturated/α-hetero) is 1. The van der Waals surface area contributed by atoms with Crippen LogP contribution in [0.3, 0.4) is 0 Å². The summed E-state index contributed by atoms with van der Waals surface area (Å²) in [6.45, 7) is 0. The van der Waals surface area contributed by atoms with Crippen LogP contribution in [0.2, 0.25) is 0 Å². The van der Waals surface area contributed by atoms with Crippen molar-refractivity contribution in [1.29, 1.82) is 0 Å². The van der Waals surface area contributed by atoms with E-state index in [0.29, 0.717) is 29.0 Å². The first-order chi connectivity index (χ1) is 8.83. The van der Waals surface area contributed by atoms with E-state index in [1.807, 2.05) is 0 Å². The number of allylic oxidation sites excluding steroid dienone is 2. The normalized spacial score (nSPS) is 20.1. The zero-order chi connectivity index (χ0) is 12.4. The summed E-state index contributed by atoms with van der Waals surface area (Å²) < 4.78 is 2.64. The molecule has 0 radical (unpaired) electrons. The van der Waals surface area contributed by atoms with E-state index >= 15 is 0 Å². The van der Waals surface area contributed by atoms with Gasteiger partial charge in [0, 0.05) is 0 Å². The van der Waals surface area contributed by atoms with Gasteiger partial charge in [-0.2, -0.15) is 0 Å². The third kappa shape index (κ3) is 2.60. The van der Waals surface area contributed by atoms with E-state index in [9.17, 15) is 4.79 Å². The SMILES string of the molecule is O=C1C(=Cc2ccc[se]2)CCC1=Cc1ccc[se]1. The first-order valence-electron chi connectivity index (χ1n) is 5.86. The standard InChI is InChI=1S/C15H12OSe2/c16-15-11(9-13-3-1-7-17-13)5-6-12(15)10-14-4-2-8-18-14/h1-4,7-10H,5-6H2. The summed E-state index contributed by atoms with van der Waals surface area (Å²) in [4.78, 5) is 16.6. The molecule has 0 atom stereocenters. The summed E-state index contributed by atoms with van der Waals surface area (Å²) >= 11 is 0.863. The molecule has 1 aliphatic carbocycles. The van der Waals surface area contributed by atoms with E-state index in [1.54, 1.807) is 0 Å². The van der Waals surface area contributed by atoms with Gasteiger partial charge in [-0.15, -0.1) is 0 Å². The average Bonchev–Trinajstić information content (AvgIpc) is 3.08. The van der Waals surface area contributed by atoms with Crippen LogP contribution in [0.25, 0.3) is 12.2 Å². The summed E-state index contributed by atoms with van der Waals surface area (Å²) in [5.41, 5.74) is 1.99. The molecule has 3 rings (SSSR count). The van der Waals surface area contributed by atoms with Crippen molar-refractivity contribution in [3.63, 3.8) is 0 Å². The van der Waals surface area contributed by atoms with Gasteiger partial charge in [-0.05, 0) is 0 Å². The van der Waals surface area contributed by atoms with Crippen LogP contribution in [0.1, 0.15) is 21.7 Å². The molecule has 1 aliphatic rings. The van der Waals surface area contributed by atoms with Gasteiger partial charge in [0.2, 0.25) is 0 Å². The third-order valence-corrected chi connectivity index (χ3v) is 6.40. The predicted octanol–water partition coefficient (Wildman–Crippen LogP) is 2.63. The molecule has 1 fully saturated rings. The molecule has 2 aromatic rings. The fourth-order valence-corrected chi connectivity index (χ4v) is 4.93. The van der Waals surface area contributed by atoms with Crippen LogP contribution in [0, 0.1) is 0 Å². The molecule has 0 aliphatic heterocycles. The Kier molecular flexibility index (Phi) is 3.67. The molecule has 18 heavy (non-hydrogen) atoms. The van der Waals surface area contributed by atoms with Crippen LogP contribution < -0.4 is 0 Å². The number of ketones is 1. The zero-order valence-electron chi connectivity index (χ0n) is 9.76. The van der Waals surface area contributed by atoms with E-state index < -0.39 is 0 Å². The fourth-order valence-electron chi connectivity index (χ4n) is 2.07. The molecule has 0 spiro atoms. The van der Waals surface area contributed by atoms with Gasteiger partial charge in [0.15, 0.2) is 0 Å². The Balaban J connectivity index is 1.85. The molecule has 0 saturated heterocycles. The van der Waals surface area contributed by atoms with E-state index in [2.05, 4.69) is 46.3 Å². The van der Waals surface area contributed by atoms with Crippen LogP contribution in [0.4, 0.5) is 0 Å². The molecule has 0 amide bonds. The molecule has 0 aromatic carbocycles. The van der Waals surface area contributed by atoms with Gasteiger partial charge >= 0.3 is 119 Å². The number of carbonyl (C=O) groups is 1. The maximum atomic E-state index is 12.3. The van der Waals surface area contributed by atoms with Crippen LogP contribution in [0.15, 0.2) is 45.3 Å². The van der Waals surface area contributed by atoms with Crippen LogP contribution in [-0.4, -0.2) is 34.8 Å². The van der Waals surface area contributed by atoms with Crippen molar-refractivity contribution in [2.24, 2.45) is 0 Å². The Morgan fingerprint density at radius 1 is 0.889 bits per heavy atom. The summed E-state index contributed by atoms with van der Waals surface area (Å²) in [7, 11) is 0. The van der Waals surface area contributed by atoms with Gasteiger partial charge < -0.3 is 0 Å². The predicted molar refractivity (Wildman–Crippen MR) is 77.0 cm³/mol. The van der Waals surface area contributed by atoms with E-state index in [0.717, 1.165) is 24.0 Å². The first-order valence-corrected chi connectivity index (χ1v) is 9.55. The topological polar surface area (TPSA) is 17.1 Å². The molecule has 2 heterocycles. The quantitative estimate of drug-likeness (QED) is 0.590. The van der Waals surface area contributed by atoms with Gasteiger partial charge in [0.05, 0.1) is 0 Å². The van der Waals surface area contributed by atoms with Crippen molar-refractivity contribution < 1.29 is 4.79 Å². The maximum absolute atomic E-state index is 12.3. The Morgan fingerprint density at radius 2 is 1.39 bits per heavy atom. The zero-order valence-corrected chi connectivity index (χ0v) is 13.2. The second-order valence-corrected chi connectivity index (χ2v) is 8.31. The number of hydrogen-bond donors (Lipinski definition) is 0. The van der Waals surface area contributed by atoms with Crippen molar-refractivity contribution in [3.05, 3.63) is 54.2 Å².